The zero-order valence-electron chi connectivity index (χ0n) is 15.1. The molecule has 1 aromatic carbocycles. The third-order valence-corrected chi connectivity index (χ3v) is 5.27. The van der Waals surface area contributed by atoms with Crippen molar-refractivity contribution in [3.05, 3.63) is 29.8 Å². The molecule has 0 N–H and O–H groups in total. The van der Waals surface area contributed by atoms with Crippen molar-refractivity contribution >= 4 is 11.8 Å². The normalized spacial score (nSPS) is 21.7. The number of carbonyl (C=O) groups is 2. The van der Waals surface area contributed by atoms with Crippen LogP contribution in [0.1, 0.15) is 18.9 Å². The van der Waals surface area contributed by atoms with Crippen LogP contribution in [-0.4, -0.2) is 78.9 Å². The van der Waals surface area contributed by atoms with Crippen LogP contribution in [0.25, 0.3) is 0 Å². The Morgan fingerprint density at radius 1 is 1.12 bits per heavy atom. The minimum absolute atomic E-state index is 0.0625. The van der Waals surface area contributed by atoms with Gasteiger partial charge in [-0.3, -0.25) is 14.5 Å². The topological polar surface area (TPSA) is 53.1 Å². The van der Waals surface area contributed by atoms with Crippen LogP contribution in [0.3, 0.4) is 0 Å². The van der Waals surface area contributed by atoms with Crippen molar-refractivity contribution in [1.29, 1.82) is 0 Å². The van der Waals surface area contributed by atoms with Gasteiger partial charge in [-0.1, -0.05) is 12.1 Å². The second-order valence-corrected chi connectivity index (χ2v) is 6.66. The Morgan fingerprint density at radius 3 is 2.52 bits per heavy atom. The Kier molecular flexibility index (Phi) is 5.58. The van der Waals surface area contributed by atoms with E-state index in [0.29, 0.717) is 19.5 Å². The number of nitrogens with zero attached hydrogens (tertiary/aromatic N) is 3. The molecule has 0 aromatic heterocycles. The molecule has 25 heavy (non-hydrogen) atoms. The Balaban J connectivity index is 1.60. The summed E-state index contributed by atoms with van der Waals surface area (Å²) >= 11 is 0. The molecule has 2 saturated heterocycles. The number of benzene rings is 1. The highest BCUT2D eigenvalue weighted by Gasteiger charge is 2.36. The highest BCUT2D eigenvalue weighted by Crippen LogP contribution is 2.19. The average Bonchev–Trinajstić information content (AvgIpc) is 2.86. The molecule has 6 nitrogen and oxygen atoms in total. The first-order valence-corrected chi connectivity index (χ1v) is 9.06. The van der Waals surface area contributed by atoms with E-state index in [4.69, 9.17) is 4.74 Å². The molecular formula is C19H27N3O3. The number of methoxy groups -OCH3 is 1. The van der Waals surface area contributed by atoms with Crippen LogP contribution in [0.2, 0.25) is 0 Å². The van der Waals surface area contributed by atoms with Gasteiger partial charge in [0, 0.05) is 39.3 Å². The summed E-state index contributed by atoms with van der Waals surface area (Å²) in [7, 11) is 1.63. The van der Waals surface area contributed by atoms with Crippen molar-refractivity contribution < 1.29 is 14.3 Å². The van der Waals surface area contributed by atoms with E-state index in [1.165, 1.54) is 0 Å². The number of piperazine rings is 1. The fourth-order valence-corrected chi connectivity index (χ4v) is 3.69. The lowest BCUT2D eigenvalue weighted by molar-refractivity contribution is -0.141. The van der Waals surface area contributed by atoms with E-state index in [-0.39, 0.29) is 17.9 Å². The first-order chi connectivity index (χ1) is 12.1. The highest BCUT2D eigenvalue weighted by atomic mass is 16.5. The Hall–Kier alpha value is -2.08. The molecule has 2 amide bonds. The molecule has 3 rings (SSSR count). The van der Waals surface area contributed by atoms with Crippen LogP contribution in [0.4, 0.5) is 0 Å². The Labute approximate surface area is 149 Å². The van der Waals surface area contributed by atoms with Crippen LogP contribution in [0, 0.1) is 0 Å². The van der Waals surface area contributed by atoms with Crippen LogP contribution < -0.4 is 4.74 Å². The monoisotopic (exact) mass is 345 g/mol. The van der Waals surface area contributed by atoms with E-state index >= 15 is 0 Å². The molecule has 0 radical (unpaired) electrons. The molecule has 136 valence electrons. The summed E-state index contributed by atoms with van der Waals surface area (Å²) < 4.78 is 5.15. The van der Waals surface area contributed by atoms with E-state index in [9.17, 15) is 9.59 Å². The smallest absolute Gasteiger partial charge is 0.240 e. The Bertz CT molecular complexity index is 617. The molecule has 1 atom stereocenters. The molecule has 2 fully saturated rings. The van der Waals surface area contributed by atoms with Gasteiger partial charge in [-0.25, -0.2) is 0 Å². The summed E-state index contributed by atoms with van der Waals surface area (Å²) in [6.45, 7) is 6.63. The second-order valence-electron chi connectivity index (χ2n) is 6.66. The number of hydrogen-bond donors (Lipinski definition) is 0. The number of fused-ring (bicyclic) bond motifs is 1. The maximum atomic E-state index is 12.7. The molecule has 1 aromatic rings. The van der Waals surface area contributed by atoms with Gasteiger partial charge in [-0.2, -0.15) is 0 Å². The van der Waals surface area contributed by atoms with E-state index in [2.05, 4.69) is 4.90 Å². The van der Waals surface area contributed by atoms with Crippen molar-refractivity contribution in [2.75, 3.05) is 46.4 Å². The van der Waals surface area contributed by atoms with Crippen molar-refractivity contribution in [2.45, 2.75) is 25.8 Å². The zero-order valence-corrected chi connectivity index (χ0v) is 15.1. The number of ether oxygens (including phenoxy) is 1. The van der Waals surface area contributed by atoms with E-state index in [1.54, 1.807) is 7.11 Å². The summed E-state index contributed by atoms with van der Waals surface area (Å²) in [5.74, 6) is 1.14. The van der Waals surface area contributed by atoms with Gasteiger partial charge in [-0.05, 0) is 31.0 Å². The predicted molar refractivity (Wildman–Crippen MR) is 95.5 cm³/mol. The number of carbonyl (C=O) groups excluding carboxylic acids is 2. The molecule has 1 unspecified atom stereocenters. The van der Waals surface area contributed by atoms with Gasteiger partial charge in [0.25, 0.3) is 0 Å². The molecule has 0 saturated carbocycles. The fraction of sp³-hybridized carbons (Fsp3) is 0.579. The van der Waals surface area contributed by atoms with Crippen molar-refractivity contribution in [2.24, 2.45) is 0 Å². The number of amides is 2. The molecule has 2 heterocycles. The largest absolute Gasteiger partial charge is 0.497 e. The third-order valence-electron chi connectivity index (χ3n) is 5.27. The van der Waals surface area contributed by atoms with Crippen molar-refractivity contribution in [3.63, 3.8) is 0 Å². The first-order valence-electron chi connectivity index (χ1n) is 9.06. The SMILES string of the molecule is CCN1CCN2CCN(C(=O)Cc3ccc(OC)cc3)CCC2C1=O. The van der Waals surface area contributed by atoms with E-state index < -0.39 is 0 Å². The summed E-state index contributed by atoms with van der Waals surface area (Å²) in [5.41, 5.74) is 0.987. The molecule has 2 aliphatic heterocycles. The summed E-state index contributed by atoms with van der Waals surface area (Å²) in [5, 5.41) is 0. The van der Waals surface area contributed by atoms with Gasteiger partial charge in [0.05, 0.1) is 19.6 Å². The maximum absolute atomic E-state index is 12.7. The fourth-order valence-electron chi connectivity index (χ4n) is 3.69. The molecule has 0 spiro atoms. The first kappa shape index (κ1) is 17.7. The summed E-state index contributed by atoms with van der Waals surface area (Å²) in [6.07, 6.45) is 1.12. The van der Waals surface area contributed by atoms with Gasteiger partial charge < -0.3 is 14.5 Å². The van der Waals surface area contributed by atoms with E-state index in [1.807, 2.05) is 41.0 Å². The standard InChI is InChI=1S/C19H27N3O3/c1-3-20-10-11-21-12-13-22(9-8-17(21)19(20)24)18(23)14-15-4-6-16(25-2)7-5-15/h4-7,17H,3,8-14H2,1-2H3. The molecular weight excluding hydrogens is 318 g/mol. The van der Waals surface area contributed by atoms with Crippen LogP contribution in [0.15, 0.2) is 24.3 Å². The number of hydrogen-bond acceptors (Lipinski definition) is 4. The molecule has 2 aliphatic rings. The van der Waals surface area contributed by atoms with Crippen molar-refractivity contribution in [1.82, 2.24) is 14.7 Å². The van der Waals surface area contributed by atoms with Gasteiger partial charge in [0.2, 0.25) is 11.8 Å². The third kappa shape index (κ3) is 3.95. The van der Waals surface area contributed by atoms with Crippen molar-refractivity contribution in [3.8, 4) is 5.75 Å². The van der Waals surface area contributed by atoms with Gasteiger partial charge in [0.1, 0.15) is 5.75 Å². The van der Waals surface area contributed by atoms with Gasteiger partial charge in [-0.15, -0.1) is 0 Å². The quantitative estimate of drug-likeness (QED) is 0.817. The molecule has 0 bridgehead atoms. The van der Waals surface area contributed by atoms with Gasteiger partial charge in [0.15, 0.2) is 0 Å². The summed E-state index contributed by atoms with van der Waals surface area (Å²) in [6, 6.07) is 7.56. The van der Waals surface area contributed by atoms with Crippen LogP contribution in [0.5, 0.6) is 5.75 Å². The predicted octanol–water partition coefficient (Wildman–Crippen LogP) is 1.00. The van der Waals surface area contributed by atoms with Gasteiger partial charge >= 0.3 is 0 Å². The van der Waals surface area contributed by atoms with Crippen LogP contribution in [-0.2, 0) is 16.0 Å². The number of likely N-dealkylation sites (N-methyl/N-ethyl adjacent to an activating group) is 1. The lowest BCUT2D eigenvalue weighted by Crippen LogP contribution is -2.56. The highest BCUT2D eigenvalue weighted by molar-refractivity contribution is 5.83. The maximum Gasteiger partial charge on any atom is 0.240 e. The average molecular weight is 345 g/mol. The summed E-state index contributed by atoms with van der Waals surface area (Å²) in [4.78, 5) is 31.3. The van der Waals surface area contributed by atoms with E-state index in [0.717, 1.165) is 43.9 Å². The lowest BCUT2D eigenvalue weighted by atomic mass is 10.1. The van der Waals surface area contributed by atoms with Crippen LogP contribution >= 0.6 is 0 Å². The number of rotatable bonds is 4. The minimum atomic E-state index is -0.0625. The second kappa shape index (κ2) is 7.87. The Morgan fingerprint density at radius 2 is 1.84 bits per heavy atom. The lowest BCUT2D eigenvalue weighted by Gasteiger charge is -2.39. The molecule has 0 aliphatic carbocycles. The minimum Gasteiger partial charge on any atom is -0.497 e. The zero-order chi connectivity index (χ0) is 17.8. The molecule has 6 heteroatoms.